The molecule has 2 aliphatic rings. The predicted octanol–water partition coefficient (Wildman–Crippen LogP) is 5.35. The summed E-state index contributed by atoms with van der Waals surface area (Å²) in [5.74, 6) is 2.53. The molecule has 0 amide bonds. The average molecular weight is 410 g/mol. The summed E-state index contributed by atoms with van der Waals surface area (Å²) in [4.78, 5) is 14.1. The number of benzene rings is 2. The zero-order valence-electron chi connectivity index (χ0n) is 18.8. The Balaban J connectivity index is 1.55. The minimum atomic E-state index is -0.0987. The Morgan fingerprint density at radius 1 is 1.10 bits per heavy atom. The minimum Gasteiger partial charge on any atom is -0.490 e. The SMILES string of the molecule is COC(=O)C1CN(Cc2c(OC3CCC(C(C)C)CC3)cc(C)c3ccccc23)C1. The van der Waals surface area contributed by atoms with E-state index in [1.807, 2.05) is 0 Å². The van der Waals surface area contributed by atoms with Crippen molar-refractivity contribution in [3.63, 3.8) is 0 Å². The summed E-state index contributed by atoms with van der Waals surface area (Å²) in [7, 11) is 1.47. The van der Waals surface area contributed by atoms with E-state index in [1.54, 1.807) is 0 Å². The van der Waals surface area contributed by atoms with Crippen molar-refractivity contribution in [3.05, 3.63) is 41.5 Å². The van der Waals surface area contributed by atoms with Crippen molar-refractivity contribution in [2.24, 2.45) is 17.8 Å². The number of rotatable bonds is 6. The number of aryl methyl sites for hydroxylation is 1. The molecule has 0 unspecified atom stereocenters. The smallest absolute Gasteiger partial charge is 0.311 e. The number of ether oxygens (including phenoxy) is 2. The number of hydrogen-bond acceptors (Lipinski definition) is 4. The van der Waals surface area contributed by atoms with E-state index in [2.05, 4.69) is 56.0 Å². The summed E-state index contributed by atoms with van der Waals surface area (Å²) >= 11 is 0. The molecule has 1 heterocycles. The van der Waals surface area contributed by atoms with Gasteiger partial charge in [0.1, 0.15) is 5.75 Å². The third kappa shape index (κ3) is 4.34. The number of likely N-dealkylation sites (tertiary alicyclic amines) is 1. The third-order valence-corrected chi connectivity index (χ3v) is 7.15. The molecule has 0 aromatic heterocycles. The summed E-state index contributed by atoms with van der Waals surface area (Å²) in [5, 5.41) is 2.55. The Labute approximate surface area is 180 Å². The van der Waals surface area contributed by atoms with E-state index in [0.717, 1.165) is 50.1 Å². The van der Waals surface area contributed by atoms with Gasteiger partial charge in [-0.3, -0.25) is 9.69 Å². The molecule has 1 saturated carbocycles. The molecule has 1 aliphatic carbocycles. The average Bonchev–Trinajstić information content (AvgIpc) is 2.72. The number of fused-ring (bicyclic) bond motifs is 1. The molecule has 1 aliphatic heterocycles. The highest BCUT2D eigenvalue weighted by Gasteiger charge is 2.34. The monoisotopic (exact) mass is 409 g/mol. The van der Waals surface area contributed by atoms with E-state index in [1.165, 1.54) is 41.9 Å². The maximum Gasteiger partial charge on any atom is 0.311 e. The van der Waals surface area contributed by atoms with Crippen LogP contribution in [-0.2, 0) is 16.1 Å². The van der Waals surface area contributed by atoms with Crippen molar-refractivity contribution in [2.75, 3.05) is 20.2 Å². The summed E-state index contributed by atoms with van der Waals surface area (Å²) in [6, 6.07) is 10.8. The standard InChI is InChI=1S/C26H35NO3/c1-17(2)19-9-11-21(12-10-19)30-25-13-18(3)22-7-5-6-8-23(22)24(25)16-27-14-20(15-27)26(28)29-4/h5-8,13,17,19-21H,9-12,14-16H2,1-4H3. The van der Waals surface area contributed by atoms with Crippen LogP contribution in [0.4, 0.5) is 0 Å². The predicted molar refractivity (Wildman–Crippen MR) is 121 cm³/mol. The lowest BCUT2D eigenvalue weighted by atomic mass is 9.80. The molecule has 162 valence electrons. The highest BCUT2D eigenvalue weighted by atomic mass is 16.5. The van der Waals surface area contributed by atoms with Gasteiger partial charge in [0.05, 0.1) is 19.1 Å². The van der Waals surface area contributed by atoms with Crippen LogP contribution in [0, 0.1) is 24.7 Å². The van der Waals surface area contributed by atoms with E-state index in [-0.39, 0.29) is 11.9 Å². The first-order valence-corrected chi connectivity index (χ1v) is 11.4. The Morgan fingerprint density at radius 2 is 1.77 bits per heavy atom. The van der Waals surface area contributed by atoms with Crippen molar-refractivity contribution in [2.45, 2.75) is 59.1 Å². The number of esters is 1. The normalized spacial score (nSPS) is 22.8. The number of methoxy groups -OCH3 is 1. The zero-order chi connectivity index (χ0) is 21.3. The quantitative estimate of drug-likeness (QED) is 0.603. The van der Waals surface area contributed by atoms with Gasteiger partial charge in [-0.15, -0.1) is 0 Å². The fraction of sp³-hybridized carbons (Fsp3) is 0.577. The Kier molecular flexibility index (Phi) is 6.33. The number of hydrogen-bond donors (Lipinski definition) is 0. The summed E-state index contributed by atoms with van der Waals surface area (Å²) in [6.07, 6.45) is 5.11. The number of nitrogens with zero attached hydrogens (tertiary/aromatic N) is 1. The van der Waals surface area contributed by atoms with Crippen LogP contribution in [-0.4, -0.2) is 37.2 Å². The topological polar surface area (TPSA) is 38.8 Å². The first kappa shape index (κ1) is 21.2. The summed E-state index contributed by atoms with van der Waals surface area (Å²) < 4.78 is 11.5. The van der Waals surface area contributed by atoms with Gasteiger partial charge in [0.25, 0.3) is 0 Å². The first-order valence-electron chi connectivity index (χ1n) is 11.4. The lowest BCUT2D eigenvalue weighted by Crippen LogP contribution is -2.50. The zero-order valence-corrected chi connectivity index (χ0v) is 18.8. The fourth-order valence-corrected chi connectivity index (χ4v) is 5.14. The molecule has 2 aromatic carbocycles. The highest BCUT2D eigenvalue weighted by Crippen LogP contribution is 2.37. The molecular formula is C26H35NO3. The van der Waals surface area contributed by atoms with Crippen LogP contribution in [0.1, 0.15) is 50.7 Å². The van der Waals surface area contributed by atoms with Gasteiger partial charge in [-0.25, -0.2) is 0 Å². The molecule has 0 spiro atoms. The van der Waals surface area contributed by atoms with Gasteiger partial charge in [0.15, 0.2) is 0 Å². The Morgan fingerprint density at radius 3 is 2.40 bits per heavy atom. The second-order valence-electron chi connectivity index (χ2n) is 9.53. The van der Waals surface area contributed by atoms with E-state index in [0.29, 0.717) is 6.10 Å². The van der Waals surface area contributed by atoms with E-state index in [9.17, 15) is 4.79 Å². The molecule has 4 nitrogen and oxygen atoms in total. The third-order valence-electron chi connectivity index (χ3n) is 7.15. The number of carbonyl (C=O) groups excluding carboxylic acids is 1. The van der Waals surface area contributed by atoms with Gasteiger partial charge < -0.3 is 9.47 Å². The van der Waals surface area contributed by atoms with Crippen molar-refractivity contribution < 1.29 is 14.3 Å². The molecule has 30 heavy (non-hydrogen) atoms. The van der Waals surface area contributed by atoms with Crippen molar-refractivity contribution in [1.82, 2.24) is 4.90 Å². The molecule has 0 N–H and O–H groups in total. The van der Waals surface area contributed by atoms with Crippen LogP contribution >= 0.6 is 0 Å². The van der Waals surface area contributed by atoms with Crippen LogP contribution in [0.15, 0.2) is 30.3 Å². The molecule has 0 atom stereocenters. The maximum atomic E-state index is 11.8. The van der Waals surface area contributed by atoms with Crippen LogP contribution in [0.25, 0.3) is 10.8 Å². The maximum absolute atomic E-state index is 11.8. The lowest BCUT2D eigenvalue weighted by molar-refractivity contribution is -0.151. The van der Waals surface area contributed by atoms with E-state index >= 15 is 0 Å². The van der Waals surface area contributed by atoms with E-state index < -0.39 is 0 Å². The molecule has 0 radical (unpaired) electrons. The first-order chi connectivity index (χ1) is 14.5. The molecule has 4 rings (SSSR count). The molecule has 1 saturated heterocycles. The van der Waals surface area contributed by atoms with Gasteiger partial charge in [0.2, 0.25) is 0 Å². The van der Waals surface area contributed by atoms with Gasteiger partial charge in [-0.1, -0.05) is 38.1 Å². The summed E-state index contributed by atoms with van der Waals surface area (Å²) in [5.41, 5.74) is 2.52. The van der Waals surface area contributed by atoms with Crippen LogP contribution in [0.3, 0.4) is 0 Å². The van der Waals surface area contributed by atoms with Crippen LogP contribution in [0.2, 0.25) is 0 Å². The second-order valence-corrected chi connectivity index (χ2v) is 9.53. The highest BCUT2D eigenvalue weighted by molar-refractivity contribution is 5.90. The number of carbonyl (C=O) groups is 1. The molecular weight excluding hydrogens is 374 g/mol. The lowest BCUT2D eigenvalue weighted by Gasteiger charge is -2.38. The van der Waals surface area contributed by atoms with Crippen molar-refractivity contribution >= 4 is 16.7 Å². The van der Waals surface area contributed by atoms with Crippen molar-refractivity contribution in [1.29, 1.82) is 0 Å². The minimum absolute atomic E-state index is 0.00222. The van der Waals surface area contributed by atoms with Crippen LogP contribution in [0.5, 0.6) is 5.75 Å². The van der Waals surface area contributed by atoms with Gasteiger partial charge in [-0.2, -0.15) is 0 Å². The van der Waals surface area contributed by atoms with Gasteiger partial charge in [-0.05, 0) is 66.8 Å². The molecule has 4 heteroatoms. The fourth-order valence-electron chi connectivity index (χ4n) is 5.14. The largest absolute Gasteiger partial charge is 0.490 e. The van der Waals surface area contributed by atoms with Gasteiger partial charge in [0, 0.05) is 25.2 Å². The molecule has 2 aromatic rings. The molecule has 2 fully saturated rings. The second kappa shape index (κ2) is 8.97. The summed E-state index contributed by atoms with van der Waals surface area (Å²) in [6.45, 7) is 9.18. The van der Waals surface area contributed by atoms with Crippen molar-refractivity contribution in [3.8, 4) is 5.75 Å². The Hall–Kier alpha value is -2.07. The van der Waals surface area contributed by atoms with E-state index in [4.69, 9.17) is 9.47 Å². The van der Waals surface area contributed by atoms with Crippen LogP contribution < -0.4 is 4.74 Å². The Bertz CT molecular complexity index is 893. The molecule has 0 bridgehead atoms. The van der Waals surface area contributed by atoms with Gasteiger partial charge >= 0.3 is 5.97 Å².